The fourth-order valence-corrected chi connectivity index (χ4v) is 4.27. The second kappa shape index (κ2) is 5.78. The van der Waals surface area contributed by atoms with Crippen LogP contribution in [0.1, 0.15) is 34.1 Å². The first kappa shape index (κ1) is 14.5. The molecule has 1 N–H and O–H groups in total. The number of thioether (sulfide) groups is 1. The van der Waals surface area contributed by atoms with Crippen LogP contribution in [0.25, 0.3) is 0 Å². The third kappa shape index (κ3) is 2.70. The molecule has 0 spiro atoms. The zero-order valence-electron chi connectivity index (χ0n) is 13.0. The molecule has 0 bridgehead atoms. The molecule has 1 aliphatic rings. The van der Waals surface area contributed by atoms with E-state index in [4.69, 9.17) is 0 Å². The molecular formula is C17H21N3S. The largest absolute Gasteiger partial charge is 0.312 e. The van der Waals surface area contributed by atoms with Crippen LogP contribution in [0.15, 0.2) is 29.4 Å². The summed E-state index contributed by atoms with van der Waals surface area (Å²) in [7, 11) is 2.03. The zero-order chi connectivity index (χ0) is 15.0. The number of fused-ring (bicyclic) bond motifs is 1. The van der Waals surface area contributed by atoms with Gasteiger partial charge in [0, 0.05) is 22.7 Å². The lowest BCUT2D eigenvalue weighted by Gasteiger charge is -2.19. The van der Waals surface area contributed by atoms with Crippen LogP contribution >= 0.6 is 11.8 Å². The first-order valence-corrected chi connectivity index (χ1v) is 8.21. The molecule has 2 atom stereocenters. The molecule has 21 heavy (non-hydrogen) atoms. The Kier molecular flexibility index (Phi) is 4.00. The summed E-state index contributed by atoms with van der Waals surface area (Å²) >= 11 is 1.79. The molecule has 0 fully saturated rings. The van der Waals surface area contributed by atoms with E-state index in [2.05, 4.69) is 60.3 Å². The highest BCUT2D eigenvalue weighted by atomic mass is 32.2. The summed E-state index contributed by atoms with van der Waals surface area (Å²) in [6.45, 7) is 6.21. The number of benzene rings is 1. The van der Waals surface area contributed by atoms with Crippen molar-refractivity contribution in [3.05, 3.63) is 52.3 Å². The van der Waals surface area contributed by atoms with Crippen molar-refractivity contribution in [1.82, 2.24) is 15.3 Å². The Balaban J connectivity index is 1.86. The van der Waals surface area contributed by atoms with Crippen LogP contribution in [0, 0.1) is 20.8 Å². The lowest BCUT2D eigenvalue weighted by molar-refractivity contribution is 0.602. The molecule has 1 aromatic carbocycles. The zero-order valence-corrected chi connectivity index (χ0v) is 13.8. The van der Waals surface area contributed by atoms with Crippen molar-refractivity contribution in [2.45, 2.75) is 43.6 Å². The van der Waals surface area contributed by atoms with Crippen LogP contribution in [-0.4, -0.2) is 22.3 Å². The first-order valence-electron chi connectivity index (χ1n) is 7.33. The summed E-state index contributed by atoms with van der Waals surface area (Å²) in [6, 6.07) is 9.06. The van der Waals surface area contributed by atoms with Gasteiger partial charge in [-0.15, -0.1) is 0 Å². The highest BCUT2D eigenvalue weighted by molar-refractivity contribution is 7.99. The summed E-state index contributed by atoms with van der Waals surface area (Å²) in [5.74, 6) is 0. The number of aromatic nitrogens is 2. The van der Waals surface area contributed by atoms with Gasteiger partial charge in [0.15, 0.2) is 5.16 Å². The molecule has 2 unspecified atom stereocenters. The van der Waals surface area contributed by atoms with Crippen molar-refractivity contribution in [3.8, 4) is 0 Å². The maximum absolute atomic E-state index is 4.65. The number of hydrogen-bond acceptors (Lipinski definition) is 4. The van der Waals surface area contributed by atoms with Gasteiger partial charge in [0.05, 0.1) is 0 Å². The number of hydrogen-bond donors (Lipinski definition) is 1. The van der Waals surface area contributed by atoms with Crippen LogP contribution in [0.2, 0.25) is 0 Å². The van der Waals surface area contributed by atoms with Crippen LogP contribution < -0.4 is 5.32 Å². The lowest BCUT2D eigenvalue weighted by atomic mass is 10.1. The minimum atomic E-state index is 0.372. The summed E-state index contributed by atoms with van der Waals surface area (Å²) in [5, 5.41) is 4.80. The maximum atomic E-state index is 4.65. The molecule has 110 valence electrons. The molecule has 4 heteroatoms. The number of aryl methyl sites for hydroxylation is 2. The quantitative estimate of drug-likeness (QED) is 0.882. The molecule has 1 heterocycles. The molecular weight excluding hydrogens is 278 g/mol. The van der Waals surface area contributed by atoms with Crippen LogP contribution in [0.5, 0.6) is 0 Å². The standard InChI is InChI=1S/C17H21N3S/c1-10-11(2)19-17(20-12(10)3)21-15-9-13-7-5-6-8-14(13)16(15)18-4/h5-8,15-16,18H,9H2,1-4H3. The Morgan fingerprint density at radius 3 is 2.43 bits per heavy atom. The minimum Gasteiger partial charge on any atom is -0.312 e. The van der Waals surface area contributed by atoms with Gasteiger partial charge in [0.1, 0.15) is 0 Å². The second-order valence-corrected chi connectivity index (χ2v) is 6.83. The van der Waals surface area contributed by atoms with Gasteiger partial charge in [0.25, 0.3) is 0 Å². The van der Waals surface area contributed by atoms with Gasteiger partial charge >= 0.3 is 0 Å². The van der Waals surface area contributed by atoms with E-state index in [1.165, 1.54) is 16.7 Å². The van der Waals surface area contributed by atoms with E-state index in [0.717, 1.165) is 23.0 Å². The molecule has 0 saturated carbocycles. The monoisotopic (exact) mass is 299 g/mol. The summed E-state index contributed by atoms with van der Waals surface area (Å²) in [4.78, 5) is 9.31. The smallest absolute Gasteiger partial charge is 0.188 e. The van der Waals surface area contributed by atoms with Gasteiger partial charge in [-0.25, -0.2) is 9.97 Å². The van der Waals surface area contributed by atoms with Crippen LogP contribution in [0.4, 0.5) is 0 Å². The topological polar surface area (TPSA) is 37.8 Å². The average molecular weight is 299 g/mol. The van der Waals surface area contributed by atoms with Crippen molar-refractivity contribution < 1.29 is 0 Å². The van der Waals surface area contributed by atoms with Crippen molar-refractivity contribution in [2.24, 2.45) is 0 Å². The molecule has 3 nitrogen and oxygen atoms in total. The maximum Gasteiger partial charge on any atom is 0.188 e. The number of rotatable bonds is 3. The molecule has 0 aliphatic heterocycles. The fraction of sp³-hybridized carbons (Fsp3) is 0.412. The third-order valence-electron chi connectivity index (χ3n) is 4.36. The minimum absolute atomic E-state index is 0.372. The van der Waals surface area contributed by atoms with E-state index in [-0.39, 0.29) is 0 Å². The van der Waals surface area contributed by atoms with Gasteiger partial charge in [-0.2, -0.15) is 0 Å². The SMILES string of the molecule is CNC1c2ccccc2CC1Sc1nc(C)c(C)c(C)n1. The first-order chi connectivity index (χ1) is 10.1. The van der Waals surface area contributed by atoms with Crippen molar-refractivity contribution in [2.75, 3.05) is 7.05 Å². The highest BCUT2D eigenvalue weighted by Crippen LogP contribution is 2.40. The molecule has 3 rings (SSSR count). The predicted octanol–water partition coefficient (Wildman–Crippen LogP) is 3.38. The average Bonchev–Trinajstić information content (AvgIpc) is 2.81. The molecule has 0 saturated heterocycles. The van der Waals surface area contributed by atoms with E-state index < -0.39 is 0 Å². The Bertz CT molecular complexity index is 646. The second-order valence-electron chi connectivity index (χ2n) is 5.63. The number of nitrogens with zero attached hydrogens (tertiary/aromatic N) is 2. The fourth-order valence-electron chi connectivity index (χ4n) is 2.94. The van der Waals surface area contributed by atoms with Crippen LogP contribution in [-0.2, 0) is 6.42 Å². The van der Waals surface area contributed by atoms with Crippen molar-refractivity contribution >= 4 is 11.8 Å². The Morgan fingerprint density at radius 2 is 1.76 bits per heavy atom. The van der Waals surface area contributed by atoms with Crippen LogP contribution in [0.3, 0.4) is 0 Å². The van der Waals surface area contributed by atoms with E-state index in [1.807, 2.05) is 7.05 Å². The molecule has 2 aromatic rings. The Morgan fingerprint density at radius 1 is 1.10 bits per heavy atom. The highest BCUT2D eigenvalue weighted by Gasteiger charge is 2.32. The van der Waals surface area contributed by atoms with Gasteiger partial charge in [-0.1, -0.05) is 36.0 Å². The van der Waals surface area contributed by atoms with Gasteiger partial charge in [-0.05, 0) is 50.9 Å². The normalized spacial score (nSPS) is 20.6. The lowest BCUT2D eigenvalue weighted by Crippen LogP contribution is -2.23. The third-order valence-corrected chi connectivity index (χ3v) is 5.50. The van der Waals surface area contributed by atoms with Gasteiger partial charge in [-0.3, -0.25) is 0 Å². The van der Waals surface area contributed by atoms with Crippen molar-refractivity contribution in [1.29, 1.82) is 0 Å². The summed E-state index contributed by atoms with van der Waals surface area (Å²) in [6.07, 6.45) is 1.07. The number of nitrogens with one attached hydrogen (secondary N) is 1. The summed E-state index contributed by atoms with van der Waals surface area (Å²) in [5.41, 5.74) is 6.22. The van der Waals surface area contributed by atoms with E-state index in [0.29, 0.717) is 11.3 Å². The van der Waals surface area contributed by atoms with E-state index in [1.54, 1.807) is 11.8 Å². The molecule has 1 aliphatic carbocycles. The predicted molar refractivity (Wildman–Crippen MR) is 87.8 cm³/mol. The molecule has 1 aromatic heterocycles. The summed E-state index contributed by atoms with van der Waals surface area (Å²) < 4.78 is 0. The molecule has 0 radical (unpaired) electrons. The Labute approximate surface area is 130 Å². The molecule has 0 amide bonds. The van der Waals surface area contributed by atoms with E-state index >= 15 is 0 Å². The Hall–Kier alpha value is -1.39. The van der Waals surface area contributed by atoms with Gasteiger partial charge < -0.3 is 5.32 Å². The van der Waals surface area contributed by atoms with Crippen molar-refractivity contribution in [3.63, 3.8) is 0 Å². The van der Waals surface area contributed by atoms with Gasteiger partial charge in [0.2, 0.25) is 0 Å². The van der Waals surface area contributed by atoms with E-state index in [9.17, 15) is 0 Å².